The van der Waals surface area contributed by atoms with E-state index in [9.17, 15) is 9.59 Å². The van der Waals surface area contributed by atoms with Gasteiger partial charge in [0, 0.05) is 52.9 Å². The van der Waals surface area contributed by atoms with Crippen LogP contribution in [0, 0.1) is 5.92 Å². The molecule has 0 aromatic rings. The first-order valence-corrected chi connectivity index (χ1v) is 32.4. The van der Waals surface area contributed by atoms with Crippen molar-refractivity contribution in [3.05, 3.63) is 0 Å². The van der Waals surface area contributed by atoms with Crippen LogP contribution in [0.2, 0.25) is 0 Å². The molecular weight excluding hydrogens is 873 g/mol. The van der Waals surface area contributed by atoms with E-state index in [1.54, 1.807) is 7.11 Å². The van der Waals surface area contributed by atoms with Gasteiger partial charge in [0.1, 0.15) is 6.29 Å². The second-order valence-corrected chi connectivity index (χ2v) is 22.6. The number of carbonyl (C=O) groups excluding carboxylic acids is 2. The number of hydrogen-bond donors (Lipinski definition) is 0. The summed E-state index contributed by atoms with van der Waals surface area (Å²) < 4.78 is 4.92. The number of methoxy groups -OCH3 is 1. The lowest BCUT2D eigenvalue weighted by Gasteiger charge is -2.29. The zero-order valence-corrected chi connectivity index (χ0v) is 49.6. The van der Waals surface area contributed by atoms with Gasteiger partial charge in [-0.25, -0.2) is 0 Å². The Balaban J connectivity index is 0.00000491. The standard InChI is InChI=1S/C56H112N4O2.C8H18O/c1-5-9-13-17-21-22-23-24-25-29-33-38-45-58(46-40-34-35-41-51-61)52-55-42-48-60(53-55)56(62)54-59(47-39-32-28-20-16-12-8-4)50-49-57(43-36-30-26-18-14-10-6-2)44-37-31-27-19-15-11-7-3;1-3-4-5-6-7-8-9-2/h51,55H,5-50,52-54H2,1-4H3;3-8H2,1-2H3. The number of aldehydes is 1. The summed E-state index contributed by atoms with van der Waals surface area (Å²) >= 11 is 0. The molecule has 0 aromatic heterocycles. The third-order valence-electron chi connectivity index (χ3n) is 15.6. The first kappa shape index (κ1) is 70.0. The fourth-order valence-electron chi connectivity index (χ4n) is 10.7. The van der Waals surface area contributed by atoms with E-state index in [0.29, 0.717) is 24.8 Å². The van der Waals surface area contributed by atoms with Crippen molar-refractivity contribution >= 4 is 12.2 Å². The highest BCUT2D eigenvalue weighted by Gasteiger charge is 2.28. The van der Waals surface area contributed by atoms with Crippen molar-refractivity contribution in [1.29, 1.82) is 0 Å². The van der Waals surface area contributed by atoms with E-state index in [1.807, 2.05) is 0 Å². The molecule has 1 unspecified atom stereocenters. The molecule has 0 aliphatic carbocycles. The summed E-state index contributed by atoms with van der Waals surface area (Å²) in [7, 11) is 1.76. The van der Waals surface area contributed by atoms with Crippen molar-refractivity contribution < 1.29 is 14.3 Å². The van der Waals surface area contributed by atoms with Gasteiger partial charge < -0.3 is 24.2 Å². The SMILES string of the molecule is CCCCCCCCCCCCCCN(CCCCCC=O)CC1CCN(C(=O)CN(CCCCCCCCC)CCN(CCCCCCCCC)CCCCCCCCC)C1.CCCCCCCOC. The highest BCUT2D eigenvalue weighted by molar-refractivity contribution is 5.78. The topological polar surface area (TPSA) is 56.3 Å². The molecule has 1 atom stereocenters. The second-order valence-electron chi connectivity index (χ2n) is 22.6. The lowest BCUT2D eigenvalue weighted by molar-refractivity contribution is -0.131. The molecule has 1 saturated heterocycles. The molecule has 1 rings (SSSR count). The minimum atomic E-state index is 0.377. The number of amides is 1. The van der Waals surface area contributed by atoms with E-state index in [2.05, 4.69) is 54.2 Å². The number of rotatable bonds is 56. The average Bonchev–Trinajstić information content (AvgIpc) is 3.85. The van der Waals surface area contributed by atoms with Crippen LogP contribution in [0.3, 0.4) is 0 Å². The minimum Gasteiger partial charge on any atom is -0.385 e. The van der Waals surface area contributed by atoms with Gasteiger partial charge in [-0.3, -0.25) is 9.69 Å². The van der Waals surface area contributed by atoms with Gasteiger partial charge in [0.25, 0.3) is 0 Å². The summed E-state index contributed by atoms with van der Waals surface area (Å²) in [5.41, 5.74) is 0. The molecule has 424 valence electrons. The number of nitrogens with zero attached hydrogens (tertiary/aromatic N) is 4. The van der Waals surface area contributed by atoms with Crippen molar-refractivity contribution in [2.45, 2.75) is 311 Å². The summed E-state index contributed by atoms with van der Waals surface area (Å²) in [5.74, 6) is 0.963. The molecule has 1 heterocycles. The van der Waals surface area contributed by atoms with Crippen molar-refractivity contribution in [1.82, 2.24) is 19.6 Å². The lowest BCUT2D eigenvalue weighted by Crippen LogP contribution is -2.43. The number of carbonyl (C=O) groups is 2. The monoisotopic (exact) mass is 1000 g/mol. The van der Waals surface area contributed by atoms with Gasteiger partial charge in [0.15, 0.2) is 0 Å². The quantitative estimate of drug-likeness (QED) is 0.0447. The summed E-state index contributed by atoms with van der Waals surface area (Å²) in [5, 5.41) is 0. The second kappa shape index (κ2) is 58.2. The smallest absolute Gasteiger partial charge is 0.236 e. The Morgan fingerprint density at radius 2 is 0.746 bits per heavy atom. The molecule has 0 aromatic carbocycles. The molecule has 1 fully saturated rings. The van der Waals surface area contributed by atoms with Gasteiger partial charge in [0.2, 0.25) is 5.91 Å². The van der Waals surface area contributed by atoms with Crippen LogP contribution in [-0.2, 0) is 14.3 Å². The highest BCUT2D eigenvalue weighted by atomic mass is 16.5. The first-order valence-electron chi connectivity index (χ1n) is 32.4. The zero-order chi connectivity index (χ0) is 51.8. The van der Waals surface area contributed by atoms with Gasteiger partial charge in [-0.1, -0.05) is 253 Å². The maximum absolute atomic E-state index is 14.1. The molecule has 7 nitrogen and oxygen atoms in total. The number of likely N-dealkylation sites (tertiary alicyclic amines) is 1. The van der Waals surface area contributed by atoms with Crippen LogP contribution >= 0.6 is 0 Å². The molecule has 1 aliphatic rings. The Morgan fingerprint density at radius 1 is 0.423 bits per heavy atom. The summed E-state index contributed by atoms with van der Waals surface area (Å²) in [6, 6.07) is 0. The van der Waals surface area contributed by atoms with Gasteiger partial charge >= 0.3 is 0 Å². The Morgan fingerprint density at radius 3 is 1.13 bits per heavy atom. The molecule has 0 bridgehead atoms. The van der Waals surface area contributed by atoms with Crippen molar-refractivity contribution in [3.8, 4) is 0 Å². The van der Waals surface area contributed by atoms with Crippen molar-refractivity contribution in [2.75, 3.05) is 85.7 Å². The number of hydrogen-bond acceptors (Lipinski definition) is 6. The van der Waals surface area contributed by atoms with E-state index in [1.165, 1.54) is 270 Å². The Hall–Kier alpha value is -1.02. The first-order chi connectivity index (χ1) is 35.0. The fourth-order valence-corrected chi connectivity index (χ4v) is 10.7. The average molecular weight is 1000 g/mol. The fraction of sp³-hybridized carbons (Fsp3) is 0.969. The highest BCUT2D eigenvalue weighted by Crippen LogP contribution is 2.21. The van der Waals surface area contributed by atoms with Gasteiger partial charge in [-0.05, 0) is 90.0 Å². The minimum absolute atomic E-state index is 0.377. The van der Waals surface area contributed by atoms with E-state index in [-0.39, 0.29) is 0 Å². The molecule has 0 radical (unpaired) electrons. The van der Waals surface area contributed by atoms with Crippen LogP contribution < -0.4 is 0 Å². The van der Waals surface area contributed by atoms with Crippen LogP contribution in [0.1, 0.15) is 311 Å². The molecule has 0 saturated carbocycles. The van der Waals surface area contributed by atoms with E-state index in [4.69, 9.17) is 4.74 Å². The summed E-state index contributed by atoms with van der Waals surface area (Å²) in [6.07, 6.45) is 58.1. The van der Waals surface area contributed by atoms with Crippen molar-refractivity contribution in [2.24, 2.45) is 5.92 Å². The third kappa shape index (κ3) is 49.6. The molecule has 71 heavy (non-hydrogen) atoms. The van der Waals surface area contributed by atoms with Gasteiger partial charge in [-0.15, -0.1) is 0 Å². The molecule has 0 spiro atoms. The van der Waals surface area contributed by atoms with Crippen molar-refractivity contribution in [3.63, 3.8) is 0 Å². The molecule has 1 aliphatic heterocycles. The van der Waals surface area contributed by atoms with E-state index < -0.39 is 0 Å². The van der Waals surface area contributed by atoms with Gasteiger partial charge in [0.05, 0.1) is 6.54 Å². The van der Waals surface area contributed by atoms with Gasteiger partial charge in [-0.2, -0.15) is 0 Å². The third-order valence-corrected chi connectivity index (χ3v) is 15.6. The van der Waals surface area contributed by atoms with Crippen LogP contribution in [0.5, 0.6) is 0 Å². The van der Waals surface area contributed by atoms with Crippen LogP contribution in [0.25, 0.3) is 0 Å². The molecule has 1 amide bonds. The van der Waals surface area contributed by atoms with Crippen LogP contribution in [0.15, 0.2) is 0 Å². The normalized spacial score (nSPS) is 13.8. The van der Waals surface area contributed by atoms with Crippen LogP contribution in [0.4, 0.5) is 0 Å². The molecule has 7 heteroatoms. The lowest BCUT2D eigenvalue weighted by atomic mass is 10.0. The maximum atomic E-state index is 14.1. The predicted molar refractivity (Wildman–Crippen MR) is 314 cm³/mol. The largest absolute Gasteiger partial charge is 0.385 e. The summed E-state index contributed by atoms with van der Waals surface area (Å²) in [6.45, 7) is 24.0. The Bertz CT molecular complexity index is 1020. The molecular formula is C64H130N4O3. The Kier molecular flexibility index (Phi) is 57.4. The predicted octanol–water partition coefficient (Wildman–Crippen LogP) is 18.1. The zero-order valence-electron chi connectivity index (χ0n) is 49.6. The number of ether oxygens (including phenoxy) is 1. The summed E-state index contributed by atoms with van der Waals surface area (Å²) in [4.78, 5) is 35.3. The Labute approximate surface area is 446 Å². The van der Waals surface area contributed by atoms with E-state index in [0.717, 1.165) is 78.0 Å². The van der Waals surface area contributed by atoms with Crippen LogP contribution in [-0.4, -0.2) is 118 Å². The maximum Gasteiger partial charge on any atom is 0.236 e. The molecule has 0 N–H and O–H groups in total. The number of unbranched alkanes of at least 4 members (excludes halogenated alkanes) is 36. The van der Waals surface area contributed by atoms with E-state index >= 15 is 0 Å².